The van der Waals surface area contributed by atoms with E-state index in [1.807, 2.05) is 6.07 Å². The van der Waals surface area contributed by atoms with Gasteiger partial charge in [-0.2, -0.15) is 5.26 Å². The number of carbonyl (C=O) groups is 1. The Balaban J connectivity index is 2.43. The molecule has 2 rings (SSSR count). The van der Waals surface area contributed by atoms with Crippen LogP contribution in [-0.4, -0.2) is 12.9 Å². The molecular weight excluding hydrogens is 301 g/mol. The Morgan fingerprint density at radius 2 is 2.30 bits per heavy atom. The zero-order chi connectivity index (χ0) is 14.7. The summed E-state index contributed by atoms with van der Waals surface area (Å²) in [6.07, 6.45) is 0. The van der Waals surface area contributed by atoms with Crippen LogP contribution < -0.4 is 4.74 Å². The van der Waals surface area contributed by atoms with Crippen LogP contribution in [0.25, 0.3) is 0 Å². The largest absolute Gasteiger partial charge is 0.496 e. The summed E-state index contributed by atoms with van der Waals surface area (Å²) in [5.41, 5.74) is -0.0889. The summed E-state index contributed by atoms with van der Waals surface area (Å²) in [7, 11) is 1.48. The van der Waals surface area contributed by atoms with Crippen LogP contribution in [0.5, 0.6) is 5.75 Å². The number of halogens is 2. The van der Waals surface area contributed by atoms with E-state index in [0.29, 0.717) is 10.6 Å². The molecule has 0 fully saturated rings. The highest BCUT2D eigenvalue weighted by atomic mass is 35.5. The molecule has 0 aliphatic rings. The summed E-state index contributed by atoms with van der Waals surface area (Å²) in [5.74, 6) is -1.91. The number of carbonyl (C=O) groups excluding carboxylic acids is 1. The Morgan fingerprint density at radius 1 is 1.55 bits per heavy atom. The first-order chi connectivity index (χ1) is 9.58. The summed E-state index contributed by atoms with van der Waals surface area (Å²) >= 11 is 7.04. The van der Waals surface area contributed by atoms with Gasteiger partial charge in [-0.3, -0.25) is 4.79 Å². The highest BCUT2D eigenvalue weighted by Gasteiger charge is 2.28. The van der Waals surface area contributed by atoms with Gasteiger partial charge in [0.1, 0.15) is 17.5 Å². The van der Waals surface area contributed by atoms with Gasteiger partial charge >= 0.3 is 0 Å². The van der Waals surface area contributed by atoms with Crippen molar-refractivity contribution in [3.63, 3.8) is 0 Å². The molecule has 6 heteroatoms. The molecule has 0 saturated heterocycles. The Hall–Kier alpha value is -1.90. The molecule has 1 unspecified atom stereocenters. The van der Waals surface area contributed by atoms with E-state index in [-0.39, 0.29) is 10.6 Å². The first-order valence-corrected chi connectivity index (χ1v) is 6.84. The average molecular weight is 310 g/mol. The van der Waals surface area contributed by atoms with Crippen molar-refractivity contribution in [3.8, 4) is 11.8 Å². The van der Waals surface area contributed by atoms with E-state index in [9.17, 15) is 14.4 Å². The second-order valence-electron chi connectivity index (χ2n) is 3.91. The van der Waals surface area contributed by atoms with Crippen LogP contribution in [0.3, 0.4) is 0 Å². The van der Waals surface area contributed by atoms with Crippen molar-refractivity contribution in [3.05, 3.63) is 50.9 Å². The van der Waals surface area contributed by atoms with E-state index in [4.69, 9.17) is 16.3 Å². The topological polar surface area (TPSA) is 50.1 Å². The molecule has 3 nitrogen and oxygen atoms in total. The minimum absolute atomic E-state index is 0.0634. The Morgan fingerprint density at radius 3 is 2.85 bits per heavy atom. The monoisotopic (exact) mass is 309 g/mol. The summed E-state index contributed by atoms with van der Waals surface area (Å²) < 4.78 is 18.8. The van der Waals surface area contributed by atoms with Crippen molar-refractivity contribution in [2.75, 3.05) is 7.11 Å². The van der Waals surface area contributed by atoms with Gasteiger partial charge < -0.3 is 4.74 Å². The fourth-order valence-corrected chi connectivity index (χ4v) is 2.84. The number of hydrogen-bond acceptors (Lipinski definition) is 4. The van der Waals surface area contributed by atoms with Gasteiger partial charge in [0.05, 0.1) is 18.1 Å². The highest BCUT2D eigenvalue weighted by molar-refractivity contribution is 7.12. The van der Waals surface area contributed by atoms with Crippen molar-refractivity contribution in [2.45, 2.75) is 5.92 Å². The average Bonchev–Trinajstić information content (AvgIpc) is 2.91. The molecule has 1 aromatic heterocycles. The van der Waals surface area contributed by atoms with Crippen molar-refractivity contribution in [2.24, 2.45) is 0 Å². The van der Waals surface area contributed by atoms with Gasteiger partial charge in [-0.15, -0.1) is 11.3 Å². The highest BCUT2D eigenvalue weighted by Crippen LogP contribution is 2.32. The molecule has 1 heterocycles. The van der Waals surface area contributed by atoms with Gasteiger partial charge in [0.25, 0.3) is 0 Å². The standard InChI is InChI=1S/C14H9ClFNO2S/c1-19-8-5-12(20-7-8)14(18)9(6-17)13-10(15)3-2-4-11(13)16/h2-5,7,9H,1H3. The van der Waals surface area contributed by atoms with Crippen LogP contribution in [0.4, 0.5) is 4.39 Å². The molecule has 2 aromatic rings. The molecule has 0 radical (unpaired) electrons. The van der Waals surface area contributed by atoms with Crippen molar-refractivity contribution >= 4 is 28.7 Å². The Kier molecular flexibility index (Phi) is 4.38. The van der Waals surface area contributed by atoms with E-state index in [0.717, 1.165) is 11.3 Å². The fourth-order valence-electron chi connectivity index (χ4n) is 1.74. The van der Waals surface area contributed by atoms with Gasteiger partial charge in [-0.25, -0.2) is 4.39 Å². The number of Topliss-reactive ketones (excluding diaryl/α,β-unsaturated/α-hetero) is 1. The van der Waals surface area contributed by atoms with Crippen LogP contribution in [0, 0.1) is 17.1 Å². The summed E-state index contributed by atoms with van der Waals surface area (Å²) in [6, 6.07) is 7.39. The van der Waals surface area contributed by atoms with E-state index in [1.165, 1.54) is 31.4 Å². The van der Waals surface area contributed by atoms with Crippen molar-refractivity contribution < 1.29 is 13.9 Å². The number of nitriles is 1. The first-order valence-electron chi connectivity index (χ1n) is 5.58. The molecule has 0 spiro atoms. The lowest BCUT2D eigenvalue weighted by Gasteiger charge is -2.10. The maximum atomic E-state index is 13.8. The third-order valence-electron chi connectivity index (χ3n) is 2.73. The third-order valence-corrected chi connectivity index (χ3v) is 3.99. The van der Waals surface area contributed by atoms with Crippen LogP contribution >= 0.6 is 22.9 Å². The maximum absolute atomic E-state index is 13.8. The zero-order valence-electron chi connectivity index (χ0n) is 10.4. The fraction of sp³-hybridized carbons (Fsp3) is 0.143. The minimum atomic E-state index is -1.27. The number of hydrogen-bond donors (Lipinski definition) is 0. The molecule has 102 valence electrons. The molecule has 1 aromatic carbocycles. The molecule has 0 N–H and O–H groups in total. The predicted molar refractivity (Wildman–Crippen MR) is 75.0 cm³/mol. The summed E-state index contributed by atoms with van der Waals surface area (Å²) in [5, 5.41) is 10.9. The van der Waals surface area contributed by atoms with Gasteiger partial charge in [0.2, 0.25) is 0 Å². The van der Waals surface area contributed by atoms with Crippen LogP contribution in [0.15, 0.2) is 29.6 Å². The molecule has 0 amide bonds. The van der Waals surface area contributed by atoms with E-state index in [1.54, 1.807) is 5.38 Å². The van der Waals surface area contributed by atoms with Crippen molar-refractivity contribution in [1.29, 1.82) is 5.26 Å². The van der Waals surface area contributed by atoms with Crippen LogP contribution in [0.2, 0.25) is 5.02 Å². The molecule has 0 bridgehead atoms. The van der Waals surface area contributed by atoms with E-state index >= 15 is 0 Å². The second kappa shape index (κ2) is 6.04. The number of nitrogens with zero attached hydrogens (tertiary/aromatic N) is 1. The lowest BCUT2D eigenvalue weighted by atomic mass is 9.94. The number of rotatable bonds is 4. The third kappa shape index (κ3) is 2.67. The van der Waals surface area contributed by atoms with Crippen LogP contribution in [-0.2, 0) is 0 Å². The number of ether oxygens (including phenoxy) is 1. The van der Waals surface area contributed by atoms with Crippen molar-refractivity contribution in [1.82, 2.24) is 0 Å². The number of thiophene rings is 1. The van der Waals surface area contributed by atoms with Crippen LogP contribution in [0.1, 0.15) is 21.2 Å². The Labute approximate surface area is 124 Å². The lowest BCUT2D eigenvalue weighted by Crippen LogP contribution is -2.12. The molecule has 1 atom stereocenters. The minimum Gasteiger partial charge on any atom is -0.496 e. The van der Waals surface area contributed by atoms with Gasteiger partial charge in [-0.05, 0) is 12.1 Å². The van der Waals surface area contributed by atoms with E-state index < -0.39 is 17.5 Å². The van der Waals surface area contributed by atoms with Gasteiger partial charge in [0.15, 0.2) is 5.78 Å². The molecule has 20 heavy (non-hydrogen) atoms. The number of ketones is 1. The quantitative estimate of drug-likeness (QED) is 0.801. The zero-order valence-corrected chi connectivity index (χ0v) is 12.0. The molecule has 0 saturated carbocycles. The number of benzene rings is 1. The summed E-state index contributed by atoms with van der Waals surface area (Å²) in [6.45, 7) is 0. The number of methoxy groups -OCH3 is 1. The normalized spacial score (nSPS) is 11.7. The van der Waals surface area contributed by atoms with E-state index in [2.05, 4.69) is 0 Å². The maximum Gasteiger partial charge on any atom is 0.194 e. The Bertz CT molecular complexity index is 672. The predicted octanol–water partition coefficient (Wildman–Crippen LogP) is 4.04. The second-order valence-corrected chi connectivity index (χ2v) is 5.23. The SMILES string of the molecule is COc1csc(C(=O)C(C#N)c2c(F)cccc2Cl)c1. The van der Waals surface area contributed by atoms with Gasteiger partial charge in [-0.1, -0.05) is 17.7 Å². The lowest BCUT2D eigenvalue weighted by molar-refractivity contribution is 0.0981. The first kappa shape index (κ1) is 14.5. The molecular formula is C14H9ClFNO2S. The smallest absolute Gasteiger partial charge is 0.194 e. The molecule has 0 aliphatic carbocycles. The van der Waals surface area contributed by atoms with Gasteiger partial charge in [0, 0.05) is 22.0 Å². The summed E-state index contributed by atoms with van der Waals surface area (Å²) in [4.78, 5) is 12.6. The molecule has 0 aliphatic heterocycles.